The molecule has 3 heterocycles. The summed E-state index contributed by atoms with van der Waals surface area (Å²) >= 11 is 0. The lowest BCUT2D eigenvalue weighted by atomic mass is 10.1. The molecule has 0 radical (unpaired) electrons. The standard InChI is InChI=1S/C23H24N4O7S2/c1-12-6-7-18(35(5,29)30)17(8-12)27-11-15(9-16-14(3)21(34-4)13(2)10-24-16)19-20(27)22(28)26-23(25-19)36(31,32)33/h6-8,10-11H,9H2,1-5H3,(H,25,26,28)(H,31,32,33). The fraction of sp³-hybridized carbons (Fsp3) is 0.261. The van der Waals surface area contributed by atoms with Gasteiger partial charge >= 0.3 is 10.1 Å². The van der Waals surface area contributed by atoms with E-state index in [1.807, 2.05) is 13.8 Å². The molecule has 2 N–H and O–H groups in total. The van der Waals surface area contributed by atoms with Crippen LogP contribution in [-0.4, -0.2) is 54.3 Å². The van der Waals surface area contributed by atoms with Crippen LogP contribution in [0.1, 0.15) is 27.9 Å². The molecule has 3 aromatic heterocycles. The first kappa shape index (κ1) is 25.5. The molecule has 0 fully saturated rings. The first-order valence-electron chi connectivity index (χ1n) is 10.6. The second-order valence-electron chi connectivity index (χ2n) is 8.53. The summed E-state index contributed by atoms with van der Waals surface area (Å²) in [6.07, 6.45) is 4.33. The Bertz CT molecular complexity index is 1800. The number of aromatic nitrogens is 4. The summed E-state index contributed by atoms with van der Waals surface area (Å²) in [5.74, 6) is 0.631. The van der Waals surface area contributed by atoms with Gasteiger partial charge in [0.05, 0.1) is 23.4 Å². The Morgan fingerprint density at radius 3 is 2.44 bits per heavy atom. The Balaban J connectivity index is 2.09. The number of aryl methyl sites for hydroxylation is 2. The molecule has 0 amide bonds. The predicted octanol–water partition coefficient (Wildman–Crippen LogP) is 2.28. The molecule has 36 heavy (non-hydrogen) atoms. The van der Waals surface area contributed by atoms with Crippen molar-refractivity contribution in [3.8, 4) is 11.4 Å². The summed E-state index contributed by atoms with van der Waals surface area (Å²) in [7, 11) is -6.99. The van der Waals surface area contributed by atoms with Gasteiger partial charge in [0.2, 0.25) is 0 Å². The van der Waals surface area contributed by atoms with E-state index in [0.717, 1.165) is 22.9 Å². The Morgan fingerprint density at radius 1 is 1.14 bits per heavy atom. The van der Waals surface area contributed by atoms with Crippen LogP contribution in [0.4, 0.5) is 0 Å². The van der Waals surface area contributed by atoms with Gasteiger partial charge in [-0.2, -0.15) is 8.42 Å². The van der Waals surface area contributed by atoms with Gasteiger partial charge in [-0.15, -0.1) is 0 Å². The van der Waals surface area contributed by atoms with Crippen LogP contribution < -0.4 is 10.3 Å². The summed E-state index contributed by atoms with van der Waals surface area (Å²) in [4.78, 5) is 23.6. The number of rotatable bonds is 6. The topological polar surface area (TPSA) is 161 Å². The quantitative estimate of drug-likeness (QED) is 0.280. The zero-order valence-corrected chi connectivity index (χ0v) is 21.8. The van der Waals surface area contributed by atoms with E-state index in [9.17, 15) is 26.2 Å². The van der Waals surface area contributed by atoms with Gasteiger partial charge in [0.25, 0.3) is 10.7 Å². The molecule has 11 nitrogen and oxygen atoms in total. The normalized spacial score (nSPS) is 12.3. The van der Waals surface area contributed by atoms with Crippen molar-refractivity contribution < 1.29 is 26.1 Å². The molecule has 0 spiro atoms. The number of nitrogens with zero attached hydrogens (tertiary/aromatic N) is 3. The van der Waals surface area contributed by atoms with Gasteiger partial charge in [0.1, 0.15) is 16.8 Å². The van der Waals surface area contributed by atoms with Crippen molar-refractivity contribution in [3.05, 3.63) is 68.9 Å². The molecular formula is C23H24N4O7S2. The van der Waals surface area contributed by atoms with E-state index >= 15 is 0 Å². The summed E-state index contributed by atoms with van der Waals surface area (Å²) < 4.78 is 65.0. The van der Waals surface area contributed by atoms with Crippen molar-refractivity contribution in [1.82, 2.24) is 19.5 Å². The van der Waals surface area contributed by atoms with E-state index in [1.165, 1.54) is 23.9 Å². The van der Waals surface area contributed by atoms with Crippen molar-refractivity contribution in [3.63, 3.8) is 0 Å². The van der Waals surface area contributed by atoms with Crippen molar-refractivity contribution in [2.45, 2.75) is 37.2 Å². The number of sulfone groups is 1. The minimum atomic E-state index is -4.83. The highest BCUT2D eigenvalue weighted by atomic mass is 32.2. The maximum Gasteiger partial charge on any atom is 0.328 e. The van der Waals surface area contributed by atoms with Gasteiger partial charge in [-0.1, -0.05) is 6.07 Å². The Morgan fingerprint density at radius 2 is 1.83 bits per heavy atom. The van der Waals surface area contributed by atoms with E-state index in [1.54, 1.807) is 25.3 Å². The predicted molar refractivity (Wildman–Crippen MR) is 132 cm³/mol. The van der Waals surface area contributed by atoms with Gasteiger partial charge in [0, 0.05) is 41.8 Å². The van der Waals surface area contributed by atoms with E-state index in [2.05, 4.69) is 15.0 Å². The zero-order valence-electron chi connectivity index (χ0n) is 20.1. The number of benzene rings is 1. The lowest BCUT2D eigenvalue weighted by Crippen LogP contribution is -2.17. The average Bonchev–Trinajstić information content (AvgIpc) is 3.13. The molecule has 0 aliphatic heterocycles. The fourth-order valence-electron chi connectivity index (χ4n) is 4.18. The largest absolute Gasteiger partial charge is 0.496 e. The maximum absolute atomic E-state index is 13.1. The van der Waals surface area contributed by atoms with E-state index in [-0.39, 0.29) is 28.0 Å². The molecule has 0 saturated carbocycles. The molecule has 0 aliphatic carbocycles. The number of ether oxygens (including phenoxy) is 1. The third-order valence-corrected chi connectivity index (χ3v) is 7.65. The van der Waals surface area contributed by atoms with Gasteiger partial charge in [-0.3, -0.25) is 19.3 Å². The van der Waals surface area contributed by atoms with Gasteiger partial charge in [-0.05, 0) is 38.5 Å². The molecule has 0 bridgehead atoms. The van der Waals surface area contributed by atoms with Crippen molar-refractivity contribution in [2.75, 3.05) is 13.4 Å². The van der Waals surface area contributed by atoms with Crippen molar-refractivity contribution in [1.29, 1.82) is 0 Å². The lowest BCUT2D eigenvalue weighted by Gasteiger charge is -2.12. The minimum Gasteiger partial charge on any atom is -0.496 e. The highest BCUT2D eigenvalue weighted by molar-refractivity contribution is 7.90. The minimum absolute atomic E-state index is 0.0203. The Labute approximate surface area is 207 Å². The molecule has 13 heteroatoms. The number of aromatic amines is 1. The Hall–Kier alpha value is -3.55. The SMILES string of the molecule is COc1c(C)cnc(Cc2cn(-c3cc(C)ccc3S(C)(=O)=O)c3c(=O)[nH]c(S(=O)(=O)O)nc23)c1C. The molecule has 4 rings (SSSR count). The summed E-state index contributed by atoms with van der Waals surface area (Å²) in [6.45, 7) is 5.44. The molecule has 190 valence electrons. The molecule has 4 aromatic rings. The van der Waals surface area contributed by atoms with Crippen LogP contribution in [0.5, 0.6) is 5.75 Å². The van der Waals surface area contributed by atoms with Crippen molar-refractivity contribution in [2.24, 2.45) is 0 Å². The summed E-state index contributed by atoms with van der Waals surface area (Å²) in [5, 5.41) is -0.919. The van der Waals surface area contributed by atoms with Crippen LogP contribution in [0.3, 0.4) is 0 Å². The Kier molecular flexibility index (Phi) is 6.27. The average molecular weight is 533 g/mol. The molecule has 1 aromatic carbocycles. The number of methoxy groups -OCH3 is 1. The number of nitrogens with one attached hydrogen (secondary N) is 1. The van der Waals surface area contributed by atoms with E-state index in [0.29, 0.717) is 17.0 Å². The van der Waals surface area contributed by atoms with Crippen LogP contribution in [0.2, 0.25) is 0 Å². The van der Waals surface area contributed by atoms with Crippen LogP contribution in [-0.2, 0) is 26.4 Å². The molecular weight excluding hydrogens is 508 g/mol. The van der Waals surface area contributed by atoms with Gasteiger partial charge in [0.15, 0.2) is 9.84 Å². The number of hydrogen-bond donors (Lipinski definition) is 2. The number of H-pyrrole nitrogens is 1. The highest BCUT2D eigenvalue weighted by Crippen LogP contribution is 2.30. The molecule has 0 saturated heterocycles. The first-order chi connectivity index (χ1) is 16.7. The van der Waals surface area contributed by atoms with Gasteiger partial charge < -0.3 is 9.30 Å². The van der Waals surface area contributed by atoms with Crippen LogP contribution in [0, 0.1) is 20.8 Å². The smallest absolute Gasteiger partial charge is 0.328 e. The number of pyridine rings is 1. The van der Waals surface area contributed by atoms with Crippen molar-refractivity contribution >= 4 is 31.0 Å². The van der Waals surface area contributed by atoms with Crippen LogP contribution >= 0.6 is 0 Å². The van der Waals surface area contributed by atoms with E-state index in [4.69, 9.17) is 4.74 Å². The van der Waals surface area contributed by atoms with Crippen LogP contribution in [0.25, 0.3) is 16.7 Å². The third-order valence-electron chi connectivity index (χ3n) is 5.83. The first-order valence-corrected chi connectivity index (χ1v) is 14.0. The van der Waals surface area contributed by atoms with Gasteiger partial charge in [-0.25, -0.2) is 13.4 Å². The molecule has 0 aliphatic rings. The monoisotopic (exact) mass is 532 g/mol. The highest BCUT2D eigenvalue weighted by Gasteiger charge is 2.24. The molecule has 0 unspecified atom stereocenters. The third kappa shape index (κ3) is 4.52. The summed E-state index contributed by atoms with van der Waals surface area (Å²) in [6, 6.07) is 4.68. The second-order valence-corrected chi connectivity index (χ2v) is 11.9. The molecule has 0 atom stereocenters. The lowest BCUT2D eigenvalue weighted by molar-refractivity contribution is 0.407. The number of fused-ring (bicyclic) bond motifs is 1. The fourth-order valence-corrected chi connectivity index (χ4v) is 5.46. The summed E-state index contributed by atoms with van der Waals surface area (Å²) in [5.41, 5.74) is 2.51. The maximum atomic E-state index is 13.1. The zero-order chi connectivity index (χ0) is 26.6. The van der Waals surface area contributed by atoms with E-state index < -0.39 is 30.7 Å². The second kappa shape index (κ2) is 8.84. The number of hydrogen-bond acceptors (Lipinski definition) is 8. The van der Waals surface area contributed by atoms with Crippen LogP contribution in [0.15, 0.2) is 45.4 Å².